The van der Waals surface area contributed by atoms with Crippen molar-refractivity contribution in [3.05, 3.63) is 58.6 Å². The van der Waals surface area contributed by atoms with Crippen LogP contribution in [0.25, 0.3) is 0 Å². The number of carbonyl (C=O) groups excluding carboxylic acids is 3. The highest BCUT2D eigenvalue weighted by atomic mass is 35.5. The average molecular weight is 620 g/mol. The van der Waals surface area contributed by atoms with Crippen LogP contribution in [0.5, 0.6) is 0 Å². The maximum absolute atomic E-state index is 14.0. The van der Waals surface area contributed by atoms with Crippen LogP contribution >= 0.6 is 11.6 Å². The number of hydrogen-bond donors (Lipinski definition) is 1. The predicted molar refractivity (Wildman–Crippen MR) is 171 cm³/mol. The molecule has 2 aromatic rings. The number of carbonyl (C=O) groups is 3. The van der Waals surface area contributed by atoms with Gasteiger partial charge < -0.3 is 19.7 Å². The van der Waals surface area contributed by atoms with Gasteiger partial charge in [0.05, 0.1) is 49.4 Å². The second kappa shape index (κ2) is 18.5. The minimum Gasteiger partial charge on any atom is -0.469 e. The van der Waals surface area contributed by atoms with Crippen LogP contribution < -0.4 is 10.2 Å². The Kier molecular flexibility index (Phi) is 15.5. The van der Waals surface area contributed by atoms with Gasteiger partial charge in [0.2, 0.25) is 5.91 Å². The molecule has 3 unspecified atom stereocenters. The number of amides is 3. The number of anilines is 2. The fraction of sp³-hybridized carbons (Fsp3) is 0.545. The molecule has 0 saturated heterocycles. The number of halogens is 2. The van der Waals surface area contributed by atoms with Crippen LogP contribution in [0.15, 0.2) is 42.5 Å². The van der Waals surface area contributed by atoms with E-state index in [-0.39, 0.29) is 49.4 Å². The number of methoxy groups -OCH3 is 1. The highest BCUT2D eigenvalue weighted by Crippen LogP contribution is 2.30. The van der Waals surface area contributed by atoms with Crippen molar-refractivity contribution in [1.82, 2.24) is 4.90 Å². The zero-order valence-electron chi connectivity index (χ0n) is 26.3. The van der Waals surface area contributed by atoms with Crippen molar-refractivity contribution in [2.45, 2.75) is 78.9 Å². The lowest BCUT2D eigenvalue weighted by atomic mass is 10.0. The summed E-state index contributed by atoms with van der Waals surface area (Å²) in [6, 6.07) is 12.2. The van der Waals surface area contributed by atoms with Crippen molar-refractivity contribution in [2.24, 2.45) is 5.92 Å². The molecule has 1 aliphatic rings. The largest absolute Gasteiger partial charge is 0.469 e. The molecule has 10 heteroatoms. The van der Waals surface area contributed by atoms with E-state index in [1.165, 1.54) is 18.9 Å². The topological polar surface area (TPSA) is 88.2 Å². The van der Waals surface area contributed by atoms with E-state index in [1.54, 1.807) is 23.1 Å². The molecule has 3 rings (SSSR count). The number of ether oxygens (including phenoxy) is 2. The summed E-state index contributed by atoms with van der Waals surface area (Å²) in [7, 11) is 1.38. The fourth-order valence-corrected chi connectivity index (χ4v) is 5.26. The Balaban J connectivity index is 0.00000316. The van der Waals surface area contributed by atoms with Crippen LogP contribution in [-0.4, -0.2) is 68.4 Å². The zero-order chi connectivity index (χ0) is 31.9. The molecule has 1 heterocycles. The Bertz CT molecular complexity index is 1190. The minimum atomic E-state index is -1.20. The van der Waals surface area contributed by atoms with E-state index in [0.717, 1.165) is 17.7 Å². The van der Waals surface area contributed by atoms with Gasteiger partial charge in [-0.25, -0.2) is 9.18 Å². The van der Waals surface area contributed by atoms with Gasteiger partial charge in [-0.3, -0.25) is 14.5 Å². The summed E-state index contributed by atoms with van der Waals surface area (Å²) in [6.45, 7) is 10.4. The van der Waals surface area contributed by atoms with E-state index >= 15 is 0 Å². The van der Waals surface area contributed by atoms with Gasteiger partial charge in [0, 0.05) is 18.8 Å². The predicted octanol–water partition coefficient (Wildman–Crippen LogP) is 7.07. The first-order chi connectivity index (χ1) is 20.6. The number of hydrogen-bond acceptors (Lipinski definition) is 5. The smallest absolute Gasteiger partial charge is 0.326 e. The van der Waals surface area contributed by atoms with Gasteiger partial charge in [0.15, 0.2) is 0 Å². The number of alkyl halides is 1. The van der Waals surface area contributed by atoms with Crippen LogP contribution in [0.3, 0.4) is 0 Å². The Morgan fingerprint density at radius 1 is 1.14 bits per heavy atom. The Morgan fingerprint density at radius 2 is 1.86 bits per heavy atom. The molecule has 238 valence electrons. The summed E-state index contributed by atoms with van der Waals surface area (Å²) in [5.74, 6) is -0.624. The minimum absolute atomic E-state index is 0.0296. The highest BCUT2D eigenvalue weighted by Gasteiger charge is 2.26. The summed E-state index contributed by atoms with van der Waals surface area (Å²) in [5, 5.41) is 3.18. The molecule has 1 N–H and O–H groups in total. The summed E-state index contributed by atoms with van der Waals surface area (Å²) >= 11 is 6.48. The third-order valence-electron chi connectivity index (χ3n) is 7.29. The third kappa shape index (κ3) is 10.8. The maximum atomic E-state index is 14.0. The Labute approximate surface area is 260 Å². The molecule has 0 aromatic heterocycles. The normalized spacial score (nSPS) is 14.1. The van der Waals surface area contributed by atoms with Crippen LogP contribution in [-0.2, 0) is 31.9 Å². The summed E-state index contributed by atoms with van der Waals surface area (Å²) in [5.41, 5.74) is 3.11. The molecular formula is C33H47ClFN3O5. The van der Waals surface area contributed by atoms with Crippen molar-refractivity contribution < 1.29 is 28.2 Å². The highest BCUT2D eigenvalue weighted by molar-refractivity contribution is 6.34. The van der Waals surface area contributed by atoms with Gasteiger partial charge in [-0.2, -0.15) is 0 Å². The first-order valence-electron chi connectivity index (χ1n) is 15.2. The number of fused-ring (bicyclic) bond motifs is 1. The van der Waals surface area contributed by atoms with Gasteiger partial charge in [-0.1, -0.05) is 56.6 Å². The molecule has 0 aliphatic carbocycles. The Morgan fingerprint density at radius 3 is 2.51 bits per heavy atom. The average Bonchev–Trinajstić information content (AvgIpc) is 3.44. The first-order valence-corrected chi connectivity index (χ1v) is 15.6. The molecule has 43 heavy (non-hydrogen) atoms. The van der Waals surface area contributed by atoms with Gasteiger partial charge in [-0.05, 0) is 68.9 Å². The van der Waals surface area contributed by atoms with Gasteiger partial charge >= 0.3 is 12.0 Å². The molecule has 3 atom stereocenters. The second-order valence-electron chi connectivity index (χ2n) is 10.5. The Hall–Kier alpha value is -3.17. The standard InChI is InChI=1S/C31H41ClFN3O5.C2H6/c1-5-24(30(38)40-4)10-8-16-41-20-22(3)36(19-21(2)33)29(37)18-23-12-13-27(26(32)17-23)34-31(39)35-15-14-25-9-6-7-11-28(25)35;1-2/h6-7,9,11-13,17,21-22,24H,5,8,10,14-16,18-20H2,1-4H3,(H,34,39);1-2H3. The number of nitrogens with zero attached hydrogens (tertiary/aromatic N) is 2. The van der Waals surface area contributed by atoms with Crippen LogP contribution in [0.2, 0.25) is 5.02 Å². The van der Waals surface area contributed by atoms with E-state index in [0.29, 0.717) is 48.7 Å². The van der Waals surface area contributed by atoms with E-state index in [4.69, 9.17) is 21.1 Å². The van der Waals surface area contributed by atoms with Crippen LogP contribution in [0.4, 0.5) is 20.6 Å². The molecule has 0 bridgehead atoms. The van der Waals surface area contributed by atoms with E-state index in [9.17, 15) is 18.8 Å². The monoisotopic (exact) mass is 619 g/mol. The molecule has 3 amide bonds. The van der Waals surface area contributed by atoms with Crippen molar-refractivity contribution in [3.63, 3.8) is 0 Å². The number of benzene rings is 2. The molecule has 2 aromatic carbocycles. The lowest BCUT2D eigenvalue weighted by molar-refractivity contribution is -0.146. The van der Waals surface area contributed by atoms with Crippen molar-refractivity contribution >= 4 is 40.9 Å². The van der Waals surface area contributed by atoms with Crippen LogP contribution in [0, 0.1) is 5.92 Å². The number of rotatable bonds is 14. The molecule has 1 aliphatic heterocycles. The number of urea groups is 1. The summed E-state index contributed by atoms with van der Waals surface area (Å²) in [4.78, 5) is 41.0. The van der Waals surface area contributed by atoms with Gasteiger partial charge in [0.1, 0.15) is 6.17 Å². The molecule has 0 radical (unpaired) electrons. The molecule has 8 nitrogen and oxygen atoms in total. The third-order valence-corrected chi connectivity index (χ3v) is 7.60. The van der Waals surface area contributed by atoms with E-state index < -0.39 is 6.17 Å². The van der Waals surface area contributed by atoms with Gasteiger partial charge in [0.25, 0.3) is 0 Å². The van der Waals surface area contributed by atoms with Crippen LogP contribution in [0.1, 0.15) is 65.0 Å². The first kappa shape index (κ1) is 36.0. The zero-order valence-corrected chi connectivity index (χ0v) is 27.1. The second-order valence-corrected chi connectivity index (χ2v) is 10.9. The number of para-hydroxylation sites is 1. The molecule has 0 saturated carbocycles. The quantitative estimate of drug-likeness (QED) is 0.180. The van der Waals surface area contributed by atoms with Crippen molar-refractivity contribution in [3.8, 4) is 0 Å². The SMILES string of the molecule is CC.CCC(CCCOCC(C)N(CC(C)F)C(=O)Cc1ccc(NC(=O)N2CCc3ccccc32)c(Cl)c1)C(=O)OC. The fourth-order valence-electron chi connectivity index (χ4n) is 5.01. The maximum Gasteiger partial charge on any atom is 0.326 e. The molecule has 0 fully saturated rings. The summed E-state index contributed by atoms with van der Waals surface area (Å²) in [6.07, 6.45) is 1.66. The van der Waals surface area contributed by atoms with E-state index in [1.807, 2.05) is 52.0 Å². The van der Waals surface area contributed by atoms with E-state index in [2.05, 4.69) is 5.32 Å². The molecule has 0 spiro atoms. The van der Waals surface area contributed by atoms with Crippen molar-refractivity contribution in [1.29, 1.82) is 0 Å². The summed E-state index contributed by atoms with van der Waals surface area (Å²) < 4.78 is 24.6. The lowest BCUT2D eigenvalue weighted by Gasteiger charge is -2.30. The lowest BCUT2D eigenvalue weighted by Crippen LogP contribution is -2.45. The number of esters is 1. The molecular weight excluding hydrogens is 573 g/mol. The van der Waals surface area contributed by atoms with Gasteiger partial charge in [-0.15, -0.1) is 0 Å². The van der Waals surface area contributed by atoms with Crippen molar-refractivity contribution in [2.75, 3.05) is 43.6 Å². The number of nitrogens with one attached hydrogen (secondary N) is 1.